The van der Waals surface area contributed by atoms with E-state index in [4.69, 9.17) is 5.11 Å². The van der Waals surface area contributed by atoms with Crippen molar-refractivity contribution in [3.8, 4) is 0 Å². The quantitative estimate of drug-likeness (QED) is 0.845. The number of carbonyl (C=O) groups is 1. The third kappa shape index (κ3) is 3.22. The zero-order valence-corrected chi connectivity index (χ0v) is 11.0. The van der Waals surface area contributed by atoms with E-state index in [1.807, 2.05) is 11.8 Å². The number of halogens is 3. The van der Waals surface area contributed by atoms with Gasteiger partial charge in [-0.05, 0) is 25.2 Å². The largest absolute Gasteiger partial charge is 0.481 e. The Kier molecular flexibility index (Phi) is 4.08. The van der Waals surface area contributed by atoms with Gasteiger partial charge in [0.25, 0.3) is 0 Å². The first kappa shape index (κ1) is 14.6. The molecule has 0 aromatic rings. The van der Waals surface area contributed by atoms with Crippen LogP contribution in [0, 0.1) is 17.8 Å². The number of hydrogen-bond acceptors (Lipinski definition) is 2. The minimum absolute atomic E-state index is 0.0174. The molecule has 4 atom stereocenters. The number of rotatable bonds is 2. The van der Waals surface area contributed by atoms with Crippen molar-refractivity contribution in [3.63, 3.8) is 0 Å². The summed E-state index contributed by atoms with van der Waals surface area (Å²) >= 11 is 0. The molecule has 19 heavy (non-hydrogen) atoms. The van der Waals surface area contributed by atoms with Gasteiger partial charge >= 0.3 is 12.1 Å². The Bertz CT molecular complexity index is 345. The summed E-state index contributed by atoms with van der Waals surface area (Å²) in [5, 5.41) is 9.07. The van der Waals surface area contributed by atoms with Gasteiger partial charge in [-0.1, -0.05) is 13.3 Å². The van der Waals surface area contributed by atoms with Crippen molar-refractivity contribution in [3.05, 3.63) is 0 Å². The number of aliphatic carboxylic acids is 1. The minimum atomic E-state index is -4.11. The van der Waals surface area contributed by atoms with Crippen molar-refractivity contribution in [2.75, 3.05) is 13.1 Å². The summed E-state index contributed by atoms with van der Waals surface area (Å²) in [6.45, 7) is 2.86. The highest BCUT2D eigenvalue weighted by Crippen LogP contribution is 2.40. The molecule has 110 valence electrons. The number of nitrogens with zero attached hydrogens (tertiary/aromatic N) is 1. The van der Waals surface area contributed by atoms with Crippen molar-refractivity contribution in [2.45, 2.75) is 44.8 Å². The van der Waals surface area contributed by atoms with E-state index in [9.17, 15) is 18.0 Å². The first-order valence-electron chi connectivity index (χ1n) is 6.82. The predicted octanol–water partition coefficient (Wildman–Crippen LogP) is 2.76. The average molecular weight is 279 g/mol. The van der Waals surface area contributed by atoms with Crippen molar-refractivity contribution in [2.24, 2.45) is 17.8 Å². The molecule has 2 fully saturated rings. The van der Waals surface area contributed by atoms with E-state index in [-0.39, 0.29) is 24.8 Å². The van der Waals surface area contributed by atoms with Crippen LogP contribution < -0.4 is 0 Å². The van der Waals surface area contributed by atoms with Gasteiger partial charge in [0.05, 0.1) is 11.8 Å². The molecule has 1 heterocycles. The first-order valence-corrected chi connectivity index (χ1v) is 6.82. The molecule has 2 aliphatic rings. The van der Waals surface area contributed by atoms with E-state index in [0.717, 1.165) is 6.42 Å². The molecule has 1 N–H and O–H groups in total. The van der Waals surface area contributed by atoms with E-state index >= 15 is 0 Å². The Morgan fingerprint density at radius 3 is 2.47 bits per heavy atom. The molecular formula is C13H20F3NO2. The molecule has 0 amide bonds. The molecular weight excluding hydrogens is 259 g/mol. The van der Waals surface area contributed by atoms with Crippen molar-refractivity contribution in [1.82, 2.24) is 4.90 Å². The zero-order chi connectivity index (χ0) is 14.2. The van der Waals surface area contributed by atoms with Gasteiger partial charge in [0.15, 0.2) is 0 Å². The Labute approximate surface area is 110 Å². The lowest BCUT2D eigenvalue weighted by molar-refractivity contribution is -0.186. The molecule has 0 aromatic carbocycles. The normalized spacial score (nSPS) is 37.5. The fourth-order valence-corrected chi connectivity index (χ4v) is 3.42. The van der Waals surface area contributed by atoms with Crippen molar-refractivity contribution in [1.29, 1.82) is 0 Å². The van der Waals surface area contributed by atoms with Crippen LogP contribution in [0.1, 0.15) is 32.6 Å². The highest BCUT2D eigenvalue weighted by atomic mass is 19.4. The third-order valence-corrected chi connectivity index (χ3v) is 4.58. The Morgan fingerprint density at radius 1 is 1.26 bits per heavy atom. The number of carboxylic acids is 1. The molecule has 0 spiro atoms. The molecule has 6 heteroatoms. The number of likely N-dealkylation sites (tertiary alicyclic amines) is 1. The van der Waals surface area contributed by atoms with Crippen molar-refractivity contribution >= 4 is 5.97 Å². The molecule has 4 unspecified atom stereocenters. The summed E-state index contributed by atoms with van der Waals surface area (Å²) in [6.07, 6.45) is -2.44. The van der Waals surface area contributed by atoms with E-state index in [2.05, 4.69) is 0 Å². The standard InChI is InChI=1S/C13H20F3NO2/c1-8-6-17(7-11(8)12(18)19)10-4-2-3-9(5-10)13(14,15)16/h8-11H,2-7H2,1H3,(H,18,19). The van der Waals surface area contributed by atoms with Gasteiger partial charge in [-0.3, -0.25) is 9.69 Å². The topological polar surface area (TPSA) is 40.5 Å². The Balaban J connectivity index is 1.97. The molecule has 3 nitrogen and oxygen atoms in total. The molecule has 1 saturated heterocycles. The van der Waals surface area contributed by atoms with Gasteiger partial charge in [0.2, 0.25) is 0 Å². The molecule has 0 aromatic heterocycles. The van der Waals surface area contributed by atoms with Crippen LogP contribution in [0.15, 0.2) is 0 Å². The lowest BCUT2D eigenvalue weighted by Crippen LogP contribution is -2.41. The summed E-state index contributed by atoms with van der Waals surface area (Å²) in [4.78, 5) is 13.0. The Morgan fingerprint density at radius 2 is 1.95 bits per heavy atom. The van der Waals surface area contributed by atoms with Crippen LogP contribution in [0.5, 0.6) is 0 Å². The van der Waals surface area contributed by atoms with Crippen LogP contribution in [0.3, 0.4) is 0 Å². The van der Waals surface area contributed by atoms with Crippen LogP contribution in [-0.4, -0.2) is 41.3 Å². The van der Waals surface area contributed by atoms with Gasteiger partial charge in [-0.2, -0.15) is 13.2 Å². The zero-order valence-electron chi connectivity index (χ0n) is 11.0. The minimum Gasteiger partial charge on any atom is -0.481 e. The second kappa shape index (κ2) is 5.31. The van der Waals surface area contributed by atoms with Crippen LogP contribution in [0.25, 0.3) is 0 Å². The number of hydrogen-bond donors (Lipinski definition) is 1. The van der Waals surface area contributed by atoms with Gasteiger partial charge in [0.1, 0.15) is 0 Å². The molecule has 2 rings (SSSR count). The van der Waals surface area contributed by atoms with E-state index in [1.165, 1.54) is 0 Å². The van der Waals surface area contributed by atoms with Crippen molar-refractivity contribution < 1.29 is 23.1 Å². The maximum Gasteiger partial charge on any atom is 0.391 e. The summed E-state index contributed by atoms with van der Waals surface area (Å²) in [7, 11) is 0. The van der Waals surface area contributed by atoms with Crippen LogP contribution in [0.2, 0.25) is 0 Å². The second-order valence-electron chi connectivity index (χ2n) is 5.93. The smallest absolute Gasteiger partial charge is 0.391 e. The SMILES string of the molecule is CC1CN(C2CCCC(C(F)(F)F)C2)CC1C(=O)O. The third-order valence-electron chi connectivity index (χ3n) is 4.58. The predicted molar refractivity (Wildman–Crippen MR) is 63.7 cm³/mol. The molecule has 1 aliphatic heterocycles. The van der Waals surface area contributed by atoms with Gasteiger partial charge < -0.3 is 5.11 Å². The first-order chi connectivity index (χ1) is 8.79. The summed E-state index contributed by atoms with van der Waals surface area (Å²) in [5.74, 6) is -2.47. The molecule has 1 saturated carbocycles. The molecule has 0 bridgehead atoms. The summed E-state index contributed by atoms with van der Waals surface area (Å²) in [6, 6.07) is -0.104. The Hall–Kier alpha value is -0.780. The van der Waals surface area contributed by atoms with Crippen LogP contribution >= 0.6 is 0 Å². The van der Waals surface area contributed by atoms with E-state index in [0.29, 0.717) is 19.5 Å². The highest BCUT2D eigenvalue weighted by molar-refractivity contribution is 5.71. The fourth-order valence-electron chi connectivity index (χ4n) is 3.42. The lowest BCUT2D eigenvalue weighted by Gasteiger charge is -2.36. The maximum absolute atomic E-state index is 12.8. The molecule has 0 radical (unpaired) electrons. The van der Waals surface area contributed by atoms with E-state index < -0.39 is 24.0 Å². The lowest BCUT2D eigenvalue weighted by atomic mass is 9.84. The number of carboxylic acid groups (broad SMARTS) is 1. The van der Waals surface area contributed by atoms with Gasteiger partial charge in [-0.15, -0.1) is 0 Å². The number of alkyl halides is 3. The molecule has 1 aliphatic carbocycles. The fraction of sp³-hybridized carbons (Fsp3) is 0.923. The summed E-state index contributed by atoms with van der Waals surface area (Å²) < 4.78 is 38.3. The highest BCUT2D eigenvalue weighted by Gasteiger charge is 2.45. The van der Waals surface area contributed by atoms with Crippen LogP contribution in [0.4, 0.5) is 13.2 Å². The van der Waals surface area contributed by atoms with Gasteiger partial charge in [-0.25, -0.2) is 0 Å². The summed E-state index contributed by atoms with van der Waals surface area (Å²) in [5.41, 5.74) is 0. The monoisotopic (exact) mass is 279 g/mol. The van der Waals surface area contributed by atoms with E-state index in [1.54, 1.807) is 0 Å². The second-order valence-corrected chi connectivity index (χ2v) is 5.93. The average Bonchev–Trinajstić information content (AvgIpc) is 2.70. The van der Waals surface area contributed by atoms with Crippen LogP contribution in [-0.2, 0) is 4.79 Å². The van der Waals surface area contributed by atoms with Gasteiger partial charge in [0, 0.05) is 19.1 Å². The maximum atomic E-state index is 12.8.